The van der Waals surface area contributed by atoms with Crippen LogP contribution in [-0.2, 0) is 10.2 Å². The van der Waals surface area contributed by atoms with Crippen LogP contribution in [0.4, 0.5) is 0 Å². The molecule has 0 bridgehead atoms. The number of benzene rings is 3. The molecular formula is C28H28N2O4. The molecule has 0 aliphatic rings. The summed E-state index contributed by atoms with van der Waals surface area (Å²) >= 11 is 0. The summed E-state index contributed by atoms with van der Waals surface area (Å²) in [7, 11) is 1.60. The number of methoxy groups -OCH3 is 1. The third-order valence-electron chi connectivity index (χ3n) is 5.00. The van der Waals surface area contributed by atoms with Crippen molar-refractivity contribution in [2.75, 3.05) is 7.11 Å². The Kier molecular flexibility index (Phi) is 7.98. The van der Waals surface area contributed by atoms with Crippen LogP contribution in [0.3, 0.4) is 0 Å². The van der Waals surface area contributed by atoms with Gasteiger partial charge in [-0.3, -0.25) is 4.79 Å². The first kappa shape index (κ1) is 24.5. The van der Waals surface area contributed by atoms with Crippen molar-refractivity contribution in [3.05, 3.63) is 101 Å². The molecule has 0 aliphatic carbocycles. The Morgan fingerprint density at radius 1 is 0.882 bits per heavy atom. The maximum absolute atomic E-state index is 12.3. The van der Waals surface area contributed by atoms with Crippen molar-refractivity contribution < 1.29 is 19.1 Å². The highest BCUT2D eigenvalue weighted by Gasteiger charge is 2.14. The molecule has 0 spiro atoms. The maximum atomic E-state index is 12.3. The van der Waals surface area contributed by atoms with E-state index in [2.05, 4.69) is 31.3 Å². The average molecular weight is 457 g/mol. The maximum Gasteiger partial charge on any atom is 0.336 e. The number of ether oxygens (including phenoxy) is 2. The molecule has 0 aliphatic heterocycles. The summed E-state index contributed by atoms with van der Waals surface area (Å²) in [6.07, 6.45) is 4.51. The van der Waals surface area contributed by atoms with Crippen LogP contribution in [0.1, 0.15) is 47.8 Å². The van der Waals surface area contributed by atoms with Crippen LogP contribution in [0.25, 0.3) is 6.08 Å². The van der Waals surface area contributed by atoms with Gasteiger partial charge in [-0.15, -0.1) is 0 Å². The summed E-state index contributed by atoms with van der Waals surface area (Å²) in [6.45, 7) is 6.36. The van der Waals surface area contributed by atoms with Crippen molar-refractivity contribution in [2.24, 2.45) is 5.10 Å². The number of hydrogen-bond donors (Lipinski definition) is 1. The van der Waals surface area contributed by atoms with Crippen LogP contribution in [-0.4, -0.2) is 25.2 Å². The van der Waals surface area contributed by atoms with Crippen molar-refractivity contribution in [1.82, 2.24) is 5.43 Å². The average Bonchev–Trinajstić information content (AvgIpc) is 2.83. The van der Waals surface area contributed by atoms with E-state index in [1.54, 1.807) is 49.6 Å². The minimum absolute atomic E-state index is 0.0209. The van der Waals surface area contributed by atoms with Gasteiger partial charge in [-0.1, -0.05) is 57.2 Å². The van der Waals surface area contributed by atoms with Gasteiger partial charge in [-0.25, -0.2) is 10.2 Å². The lowest BCUT2D eigenvalue weighted by atomic mass is 9.87. The predicted molar refractivity (Wildman–Crippen MR) is 134 cm³/mol. The van der Waals surface area contributed by atoms with Crippen LogP contribution >= 0.6 is 0 Å². The molecule has 6 heteroatoms. The SMILES string of the molecule is COc1ccc(/C=C/C(=O)Oc2cccc(C=NNC(=O)c3ccc(C(C)(C)C)cc3)c2)cc1. The Bertz CT molecular complexity index is 1190. The van der Waals surface area contributed by atoms with E-state index in [-0.39, 0.29) is 11.3 Å². The molecule has 0 saturated carbocycles. The molecular weight excluding hydrogens is 428 g/mol. The normalized spacial score (nSPS) is 11.5. The number of hydrazone groups is 1. The number of esters is 1. The van der Waals surface area contributed by atoms with Crippen LogP contribution in [0.5, 0.6) is 11.5 Å². The summed E-state index contributed by atoms with van der Waals surface area (Å²) in [5.41, 5.74) is 5.73. The number of carbonyl (C=O) groups excluding carboxylic acids is 2. The van der Waals surface area contributed by atoms with E-state index in [1.165, 1.54) is 12.3 Å². The monoisotopic (exact) mass is 456 g/mol. The quantitative estimate of drug-likeness (QED) is 0.170. The van der Waals surface area contributed by atoms with Crippen LogP contribution < -0.4 is 14.9 Å². The van der Waals surface area contributed by atoms with Crippen molar-refractivity contribution in [1.29, 1.82) is 0 Å². The summed E-state index contributed by atoms with van der Waals surface area (Å²) in [6, 6.07) is 21.6. The lowest BCUT2D eigenvalue weighted by molar-refractivity contribution is -0.128. The van der Waals surface area contributed by atoms with E-state index in [0.29, 0.717) is 16.9 Å². The Morgan fingerprint density at radius 2 is 1.59 bits per heavy atom. The van der Waals surface area contributed by atoms with Gasteiger partial charge in [0.2, 0.25) is 0 Å². The van der Waals surface area contributed by atoms with Gasteiger partial charge in [0.25, 0.3) is 5.91 Å². The van der Waals surface area contributed by atoms with Gasteiger partial charge in [0.05, 0.1) is 13.3 Å². The summed E-state index contributed by atoms with van der Waals surface area (Å²) < 4.78 is 10.5. The minimum Gasteiger partial charge on any atom is -0.497 e. The second-order valence-corrected chi connectivity index (χ2v) is 8.63. The topological polar surface area (TPSA) is 77.0 Å². The first-order valence-electron chi connectivity index (χ1n) is 10.8. The Balaban J connectivity index is 1.55. The molecule has 0 saturated heterocycles. The van der Waals surface area contributed by atoms with E-state index in [4.69, 9.17) is 9.47 Å². The van der Waals surface area contributed by atoms with Gasteiger partial charge < -0.3 is 9.47 Å². The molecule has 0 heterocycles. The van der Waals surface area contributed by atoms with Gasteiger partial charge in [-0.2, -0.15) is 5.10 Å². The third-order valence-corrected chi connectivity index (χ3v) is 5.00. The first-order chi connectivity index (χ1) is 16.2. The number of rotatable bonds is 7. The molecule has 1 amide bonds. The molecule has 0 unspecified atom stereocenters. The van der Waals surface area contributed by atoms with Crippen molar-refractivity contribution in [3.8, 4) is 11.5 Å². The molecule has 0 fully saturated rings. The zero-order chi connectivity index (χ0) is 24.6. The van der Waals surface area contributed by atoms with Crippen molar-refractivity contribution in [2.45, 2.75) is 26.2 Å². The van der Waals surface area contributed by atoms with Gasteiger partial charge in [-0.05, 0) is 64.6 Å². The van der Waals surface area contributed by atoms with Crippen molar-refractivity contribution in [3.63, 3.8) is 0 Å². The van der Waals surface area contributed by atoms with Gasteiger partial charge in [0.15, 0.2) is 0 Å². The number of amides is 1. The lowest BCUT2D eigenvalue weighted by Crippen LogP contribution is -2.18. The molecule has 3 rings (SSSR count). The molecule has 3 aromatic rings. The standard InChI is InChI=1S/C28H28N2O4/c1-28(2,3)23-13-11-22(12-14-23)27(32)30-29-19-21-6-5-7-25(18-21)34-26(31)17-10-20-8-15-24(33-4)16-9-20/h5-19H,1-4H3,(H,30,32)/b17-10+,29-19?. The molecule has 6 nitrogen and oxygen atoms in total. The summed E-state index contributed by atoms with van der Waals surface area (Å²) in [5, 5.41) is 4.01. The molecule has 0 aromatic heterocycles. The highest BCUT2D eigenvalue weighted by molar-refractivity contribution is 5.95. The minimum atomic E-state index is -0.503. The fraction of sp³-hybridized carbons (Fsp3) is 0.179. The highest BCUT2D eigenvalue weighted by atomic mass is 16.5. The second-order valence-electron chi connectivity index (χ2n) is 8.63. The number of nitrogens with zero attached hydrogens (tertiary/aromatic N) is 1. The Labute approximate surface area is 199 Å². The zero-order valence-electron chi connectivity index (χ0n) is 19.7. The van der Waals surface area contributed by atoms with Crippen LogP contribution in [0.15, 0.2) is 84.0 Å². The van der Waals surface area contributed by atoms with E-state index in [9.17, 15) is 9.59 Å². The largest absolute Gasteiger partial charge is 0.497 e. The van der Waals surface area contributed by atoms with E-state index >= 15 is 0 Å². The first-order valence-corrected chi connectivity index (χ1v) is 10.8. The molecule has 0 radical (unpaired) electrons. The second kappa shape index (κ2) is 11.1. The fourth-order valence-corrected chi connectivity index (χ4v) is 3.04. The molecule has 34 heavy (non-hydrogen) atoms. The predicted octanol–water partition coefficient (Wildman–Crippen LogP) is 5.38. The van der Waals surface area contributed by atoms with Crippen molar-refractivity contribution >= 4 is 24.2 Å². The Hall–Kier alpha value is -4.19. The fourth-order valence-electron chi connectivity index (χ4n) is 3.04. The third kappa shape index (κ3) is 7.17. The molecule has 3 aromatic carbocycles. The number of hydrogen-bond acceptors (Lipinski definition) is 5. The van der Waals surface area contributed by atoms with Gasteiger partial charge in [0.1, 0.15) is 11.5 Å². The Morgan fingerprint density at radius 3 is 2.24 bits per heavy atom. The van der Waals surface area contributed by atoms with E-state index in [1.807, 2.05) is 36.4 Å². The molecule has 174 valence electrons. The highest BCUT2D eigenvalue weighted by Crippen LogP contribution is 2.22. The summed E-state index contributed by atoms with van der Waals surface area (Å²) in [4.78, 5) is 24.5. The van der Waals surface area contributed by atoms with Gasteiger partial charge >= 0.3 is 5.97 Å². The smallest absolute Gasteiger partial charge is 0.336 e. The number of carbonyl (C=O) groups is 2. The molecule has 0 atom stereocenters. The lowest BCUT2D eigenvalue weighted by Gasteiger charge is -2.18. The number of nitrogens with one attached hydrogen (secondary N) is 1. The zero-order valence-corrected chi connectivity index (χ0v) is 19.7. The van der Waals surface area contributed by atoms with E-state index < -0.39 is 5.97 Å². The molecule has 1 N–H and O–H groups in total. The van der Waals surface area contributed by atoms with Crippen LogP contribution in [0.2, 0.25) is 0 Å². The van der Waals surface area contributed by atoms with Gasteiger partial charge in [0, 0.05) is 11.6 Å². The van der Waals surface area contributed by atoms with E-state index in [0.717, 1.165) is 16.9 Å². The van der Waals surface area contributed by atoms with Crippen LogP contribution in [0, 0.1) is 0 Å². The summed E-state index contributed by atoms with van der Waals surface area (Å²) in [5.74, 6) is 0.310.